The fourth-order valence-electron chi connectivity index (χ4n) is 2.50. The molecule has 148 valence electrons. The van der Waals surface area contributed by atoms with E-state index in [1.807, 2.05) is 63.4 Å². The van der Waals surface area contributed by atoms with Crippen molar-refractivity contribution >= 4 is 23.6 Å². The van der Waals surface area contributed by atoms with Crippen LogP contribution < -0.4 is 20.4 Å². The van der Waals surface area contributed by atoms with Crippen LogP contribution in [0, 0.1) is 0 Å². The number of hydrogen-bond acceptors (Lipinski definition) is 3. The van der Waals surface area contributed by atoms with E-state index in [0.717, 1.165) is 17.8 Å². The van der Waals surface area contributed by atoms with Gasteiger partial charge in [0.2, 0.25) is 0 Å². The van der Waals surface area contributed by atoms with Gasteiger partial charge in [0.15, 0.2) is 0 Å². The van der Waals surface area contributed by atoms with Crippen LogP contribution in [-0.2, 0) is 4.79 Å². The topological polar surface area (TPSA) is 65.9 Å². The van der Waals surface area contributed by atoms with Crippen molar-refractivity contribution in [2.45, 2.75) is 0 Å². The summed E-state index contributed by atoms with van der Waals surface area (Å²) in [5.74, 6) is -0.618. The number of likely N-dealkylation sites (N-methyl/N-ethyl adjacent to an activating group) is 1. The molecule has 2 rings (SSSR count). The van der Waals surface area contributed by atoms with Gasteiger partial charge in [-0.1, -0.05) is 30.3 Å². The Labute approximate surface area is 166 Å². The number of rotatable bonds is 8. The van der Waals surface area contributed by atoms with Crippen LogP contribution in [0.1, 0.15) is 15.9 Å². The lowest BCUT2D eigenvalue weighted by atomic mass is 10.1. The van der Waals surface area contributed by atoms with E-state index in [0.29, 0.717) is 12.1 Å². The lowest BCUT2D eigenvalue weighted by Crippen LogP contribution is -3.06. The Morgan fingerprint density at radius 2 is 1.64 bits per heavy atom. The molecule has 3 N–H and O–H groups in total. The third-order valence-corrected chi connectivity index (χ3v) is 4.16. The molecular weight excluding hydrogens is 352 g/mol. The van der Waals surface area contributed by atoms with Gasteiger partial charge in [-0.25, -0.2) is 0 Å². The molecule has 0 spiro atoms. The Kier molecular flexibility index (Phi) is 7.77. The average molecular weight is 382 g/mol. The van der Waals surface area contributed by atoms with E-state index >= 15 is 0 Å². The Balaban J connectivity index is 2.21. The highest BCUT2D eigenvalue weighted by Gasteiger charge is 2.14. The molecule has 0 aliphatic heterocycles. The summed E-state index contributed by atoms with van der Waals surface area (Å²) < 4.78 is 0. The first-order valence-electron chi connectivity index (χ1n) is 9.29. The van der Waals surface area contributed by atoms with Crippen LogP contribution in [-0.4, -0.2) is 53.1 Å². The molecule has 0 fully saturated rings. The molecule has 0 aliphatic carbocycles. The minimum atomic E-state index is -0.315. The summed E-state index contributed by atoms with van der Waals surface area (Å²) in [5.41, 5.74) is 2.62. The molecule has 2 aromatic carbocycles. The summed E-state index contributed by atoms with van der Waals surface area (Å²) in [4.78, 5) is 28.4. The summed E-state index contributed by atoms with van der Waals surface area (Å²) >= 11 is 0. The first kappa shape index (κ1) is 21.2. The zero-order valence-electron chi connectivity index (χ0n) is 17.0. The first-order chi connectivity index (χ1) is 13.4. The van der Waals surface area contributed by atoms with Crippen LogP contribution in [0.4, 0.5) is 5.69 Å². The third-order valence-electron chi connectivity index (χ3n) is 4.16. The summed E-state index contributed by atoms with van der Waals surface area (Å²) in [5, 5.41) is 5.62. The quantitative estimate of drug-likeness (QED) is 0.592. The summed E-state index contributed by atoms with van der Waals surface area (Å²) in [6.07, 6.45) is 1.69. The predicted octanol–water partition coefficient (Wildman–Crippen LogP) is 0.784. The Morgan fingerprint density at radius 3 is 2.21 bits per heavy atom. The molecule has 0 unspecified atom stereocenters. The molecule has 2 aromatic rings. The Bertz CT molecular complexity index is 812. The number of nitrogens with one attached hydrogen (secondary N) is 3. The van der Waals surface area contributed by atoms with Gasteiger partial charge in [0.05, 0.1) is 27.2 Å². The predicted molar refractivity (Wildman–Crippen MR) is 113 cm³/mol. The molecule has 6 nitrogen and oxygen atoms in total. The van der Waals surface area contributed by atoms with Crippen LogP contribution in [0.3, 0.4) is 0 Å². The largest absolute Gasteiger partial charge is 0.378 e. The van der Waals surface area contributed by atoms with Crippen LogP contribution in [0.15, 0.2) is 60.3 Å². The molecule has 0 saturated carbocycles. The van der Waals surface area contributed by atoms with Gasteiger partial charge in [0, 0.05) is 25.3 Å². The van der Waals surface area contributed by atoms with Crippen molar-refractivity contribution in [2.24, 2.45) is 0 Å². The van der Waals surface area contributed by atoms with Crippen LogP contribution >= 0.6 is 0 Å². The second-order valence-electron chi connectivity index (χ2n) is 7.08. The van der Waals surface area contributed by atoms with E-state index in [2.05, 4.69) is 10.6 Å². The number of nitrogens with zero attached hydrogens (tertiary/aromatic N) is 1. The van der Waals surface area contributed by atoms with Gasteiger partial charge >= 0.3 is 0 Å². The minimum Gasteiger partial charge on any atom is -0.378 e. The van der Waals surface area contributed by atoms with Crippen LogP contribution in [0.25, 0.3) is 6.08 Å². The van der Waals surface area contributed by atoms with E-state index in [9.17, 15) is 9.59 Å². The van der Waals surface area contributed by atoms with Gasteiger partial charge in [-0.15, -0.1) is 0 Å². The van der Waals surface area contributed by atoms with Gasteiger partial charge in [0.1, 0.15) is 5.70 Å². The monoisotopic (exact) mass is 381 g/mol. The van der Waals surface area contributed by atoms with E-state index < -0.39 is 0 Å². The molecule has 28 heavy (non-hydrogen) atoms. The van der Waals surface area contributed by atoms with Crippen molar-refractivity contribution in [1.82, 2.24) is 10.6 Å². The lowest BCUT2D eigenvalue weighted by Gasteiger charge is -2.14. The van der Waals surface area contributed by atoms with E-state index in [4.69, 9.17) is 0 Å². The van der Waals surface area contributed by atoms with Crippen LogP contribution in [0.2, 0.25) is 0 Å². The maximum Gasteiger partial charge on any atom is 0.268 e. The maximum atomic E-state index is 12.7. The van der Waals surface area contributed by atoms with Crippen molar-refractivity contribution in [3.05, 3.63) is 71.4 Å². The summed E-state index contributed by atoms with van der Waals surface area (Å²) in [6.45, 7) is 1.32. The zero-order chi connectivity index (χ0) is 20.5. The zero-order valence-corrected chi connectivity index (χ0v) is 17.0. The highest BCUT2D eigenvalue weighted by atomic mass is 16.2. The molecule has 0 bridgehead atoms. The number of carbonyl (C=O) groups excluding carboxylic acids is 2. The molecule has 2 amide bonds. The van der Waals surface area contributed by atoms with Crippen molar-refractivity contribution < 1.29 is 14.5 Å². The fraction of sp³-hybridized carbons (Fsp3) is 0.273. The second-order valence-corrected chi connectivity index (χ2v) is 7.08. The van der Waals surface area contributed by atoms with Gasteiger partial charge < -0.3 is 20.4 Å². The second kappa shape index (κ2) is 10.3. The fourth-order valence-corrected chi connectivity index (χ4v) is 2.50. The van der Waals surface area contributed by atoms with Crippen molar-refractivity contribution in [1.29, 1.82) is 0 Å². The number of carbonyl (C=O) groups is 2. The summed E-state index contributed by atoms with van der Waals surface area (Å²) in [6, 6.07) is 16.6. The standard InChI is InChI=1S/C22H28N4O2/c1-25(2)15-14-23-22(28)20(24-21(27)18-8-6-5-7-9-18)16-17-10-12-19(13-11-17)26(3)4/h5-13,16H,14-15H2,1-4H3,(H,23,28)(H,24,27)/p+1/b20-16-. The third kappa shape index (κ3) is 6.55. The molecule has 0 heterocycles. The number of hydrogen-bond donors (Lipinski definition) is 3. The normalized spacial score (nSPS) is 11.2. The van der Waals surface area contributed by atoms with Gasteiger partial charge in [-0.2, -0.15) is 0 Å². The van der Waals surface area contributed by atoms with Crippen molar-refractivity contribution in [3.8, 4) is 0 Å². The van der Waals surface area contributed by atoms with Crippen LogP contribution in [0.5, 0.6) is 0 Å². The summed E-state index contributed by atoms with van der Waals surface area (Å²) in [7, 11) is 7.98. The molecule has 6 heteroatoms. The number of anilines is 1. The van der Waals surface area contributed by atoms with Gasteiger partial charge in [0.25, 0.3) is 11.8 Å². The highest BCUT2D eigenvalue weighted by Crippen LogP contribution is 2.14. The van der Waals surface area contributed by atoms with E-state index in [1.54, 1.807) is 30.3 Å². The molecule has 0 aliphatic rings. The number of quaternary nitrogens is 1. The smallest absolute Gasteiger partial charge is 0.268 e. The van der Waals surface area contributed by atoms with E-state index in [1.165, 1.54) is 4.90 Å². The highest BCUT2D eigenvalue weighted by molar-refractivity contribution is 6.05. The van der Waals surface area contributed by atoms with E-state index in [-0.39, 0.29) is 17.5 Å². The molecule has 0 atom stereocenters. The van der Waals surface area contributed by atoms with Gasteiger partial charge in [-0.3, -0.25) is 9.59 Å². The minimum absolute atomic E-state index is 0.222. The SMILES string of the molecule is CN(C)c1ccc(/C=C(\NC(=O)c2ccccc2)C(=O)NCC[NH+](C)C)cc1. The maximum absolute atomic E-state index is 12.7. The lowest BCUT2D eigenvalue weighted by molar-refractivity contribution is -0.856. The molecule has 0 radical (unpaired) electrons. The molecule has 0 aromatic heterocycles. The first-order valence-corrected chi connectivity index (χ1v) is 9.29. The molecule has 0 saturated heterocycles. The molecular formula is C22H29N4O2+. The Hall–Kier alpha value is -3.12. The average Bonchev–Trinajstić information content (AvgIpc) is 2.68. The van der Waals surface area contributed by atoms with Crippen molar-refractivity contribution in [3.63, 3.8) is 0 Å². The number of benzene rings is 2. The number of amides is 2. The Morgan fingerprint density at radius 1 is 1.00 bits per heavy atom. The van der Waals surface area contributed by atoms with Crippen molar-refractivity contribution in [2.75, 3.05) is 46.2 Å². The van der Waals surface area contributed by atoms with Gasteiger partial charge in [-0.05, 0) is 35.9 Å².